The summed E-state index contributed by atoms with van der Waals surface area (Å²) < 4.78 is 0. The molecular formula is C22H16ClN3O4. The van der Waals surface area contributed by atoms with Gasteiger partial charge in [-0.3, -0.25) is 19.2 Å². The zero-order chi connectivity index (χ0) is 21.8. The molecule has 0 N–H and O–H groups in total. The van der Waals surface area contributed by atoms with Crippen LogP contribution in [0, 0.1) is 0 Å². The van der Waals surface area contributed by atoms with Gasteiger partial charge in [0.05, 0.1) is 5.69 Å². The van der Waals surface area contributed by atoms with Gasteiger partial charge < -0.3 is 0 Å². The summed E-state index contributed by atoms with van der Waals surface area (Å²) in [6.45, 7) is 2.66. The number of ketones is 2. The van der Waals surface area contributed by atoms with E-state index in [1.165, 1.54) is 74.5 Å². The quantitative estimate of drug-likeness (QED) is 0.456. The van der Waals surface area contributed by atoms with Gasteiger partial charge in [0, 0.05) is 18.9 Å². The van der Waals surface area contributed by atoms with Crippen molar-refractivity contribution >= 4 is 40.7 Å². The first kappa shape index (κ1) is 21.0. The number of aromatic nitrogens is 2. The predicted octanol–water partition coefficient (Wildman–Crippen LogP) is 4.02. The van der Waals surface area contributed by atoms with Gasteiger partial charge in [-0.1, -0.05) is 23.7 Å². The van der Waals surface area contributed by atoms with Crippen LogP contribution in [0.4, 0.5) is 5.69 Å². The molecule has 0 saturated carbocycles. The summed E-state index contributed by atoms with van der Waals surface area (Å²) in [6.07, 6.45) is 0. The van der Waals surface area contributed by atoms with Crippen molar-refractivity contribution < 1.29 is 19.2 Å². The lowest BCUT2D eigenvalue weighted by atomic mass is 10.2. The molecule has 0 spiro atoms. The van der Waals surface area contributed by atoms with Crippen LogP contribution in [0.5, 0.6) is 0 Å². The number of hydrogen-bond acceptors (Lipinski definition) is 6. The number of carbonyl (C=O) groups is 4. The van der Waals surface area contributed by atoms with E-state index in [-0.39, 0.29) is 40.0 Å². The zero-order valence-electron chi connectivity index (χ0n) is 16.1. The Morgan fingerprint density at radius 2 is 1.07 bits per heavy atom. The van der Waals surface area contributed by atoms with E-state index in [1.807, 2.05) is 0 Å². The van der Waals surface area contributed by atoms with Crippen molar-refractivity contribution in [1.29, 1.82) is 0 Å². The molecule has 2 aromatic heterocycles. The third kappa shape index (κ3) is 4.47. The van der Waals surface area contributed by atoms with Crippen molar-refractivity contribution in [1.82, 2.24) is 9.97 Å². The number of rotatable bonds is 5. The van der Waals surface area contributed by atoms with E-state index in [1.54, 1.807) is 0 Å². The van der Waals surface area contributed by atoms with Gasteiger partial charge in [-0.25, -0.2) is 14.9 Å². The van der Waals surface area contributed by atoms with E-state index in [0.29, 0.717) is 5.02 Å². The molecule has 2 amide bonds. The first-order valence-electron chi connectivity index (χ1n) is 8.88. The second-order valence-corrected chi connectivity index (χ2v) is 6.79. The van der Waals surface area contributed by atoms with Gasteiger partial charge in [0.25, 0.3) is 11.8 Å². The minimum absolute atomic E-state index is 0.0891. The molecule has 7 nitrogen and oxygen atoms in total. The lowest BCUT2D eigenvalue weighted by Crippen LogP contribution is -2.38. The molecule has 2 heterocycles. The van der Waals surface area contributed by atoms with E-state index < -0.39 is 11.8 Å². The fourth-order valence-electron chi connectivity index (χ4n) is 2.65. The van der Waals surface area contributed by atoms with Gasteiger partial charge in [0.2, 0.25) is 0 Å². The first-order chi connectivity index (χ1) is 14.3. The molecule has 0 fully saturated rings. The van der Waals surface area contributed by atoms with Gasteiger partial charge in [0.1, 0.15) is 22.8 Å². The summed E-state index contributed by atoms with van der Waals surface area (Å²) in [6, 6.07) is 14.9. The van der Waals surface area contributed by atoms with E-state index in [0.717, 1.165) is 4.90 Å². The number of hydrogen-bond donors (Lipinski definition) is 0. The smallest absolute Gasteiger partial charge is 0.283 e. The summed E-state index contributed by atoms with van der Waals surface area (Å²) in [7, 11) is 0. The fourth-order valence-corrected chi connectivity index (χ4v) is 2.77. The Bertz CT molecular complexity index is 1090. The molecule has 0 atom stereocenters. The standard InChI is InChI=1S/C22H16ClN3O4/c1-13(27)17-5-3-7-19(24-17)21(29)26(16-11-9-15(23)10-12-16)22(30)20-8-4-6-18(25-20)14(2)28/h3-12H,1-2H3. The van der Waals surface area contributed by atoms with Crippen molar-refractivity contribution in [3.8, 4) is 0 Å². The predicted molar refractivity (Wildman–Crippen MR) is 111 cm³/mol. The van der Waals surface area contributed by atoms with Gasteiger partial charge in [-0.05, 0) is 48.5 Å². The van der Waals surface area contributed by atoms with Crippen molar-refractivity contribution in [2.45, 2.75) is 13.8 Å². The minimum Gasteiger partial charge on any atom is -0.293 e. The lowest BCUT2D eigenvalue weighted by Gasteiger charge is -2.21. The topological polar surface area (TPSA) is 97.3 Å². The van der Waals surface area contributed by atoms with Crippen molar-refractivity contribution in [3.63, 3.8) is 0 Å². The van der Waals surface area contributed by atoms with Crippen molar-refractivity contribution in [2.24, 2.45) is 0 Å². The maximum Gasteiger partial charge on any atom is 0.283 e. The SMILES string of the molecule is CC(=O)c1cccc(C(=O)N(C(=O)c2cccc(C(C)=O)n2)c2ccc(Cl)cc2)n1. The van der Waals surface area contributed by atoms with Gasteiger partial charge in [-0.15, -0.1) is 0 Å². The van der Waals surface area contributed by atoms with E-state index in [2.05, 4.69) is 9.97 Å². The van der Waals surface area contributed by atoms with Gasteiger partial charge >= 0.3 is 0 Å². The van der Waals surface area contributed by atoms with Gasteiger partial charge in [-0.2, -0.15) is 0 Å². The van der Waals surface area contributed by atoms with Crippen LogP contribution < -0.4 is 4.90 Å². The van der Waals surface area contributed by atoms with Gasteiger partial charge in [0.15, 0.2) is 11.6 Å². The molecule has 0 aliphatic rings. The minimum atomic E-state index is -0.750. The molecule has 0 aliphatic carbocycles. The number of benzene rings is 1. The molecule has 0 bridgehead atoms. The Kier molecular flexibility index (Phi) is 6.13. The number of carbonyl (C=O) groups excluding carboxylic acids is 4. The van der Waals surface area contributed by atoms with Crippen LogP contribution >= 0.6 is 11.6 Å². The van der Waals surface area contributed by atoms with E-state index in [4.69, 9.17) is 11.6 Å². The number of imide groups is 1. The second-order valence-electron chi connectivity index (χ2n) is 6.35. The van der Waals surface area contributed by atoms with Crippen LogP contribution in [-0.2, 0) is 0 Å². The Hall–Kier alpha value is -3.71. The molecule has 150 valence electrons. The number of pyridine rings is 2. The van der Waals surface area contributed by atoms with Crippen molar-refractivity contribution in [2.75, 3.05) is 4.90 Å². The molecule has 1 aromatic carbocycles. The van der Waals surface area contributed by atoms with E-state index >= 15 is 0 Å². The Morgan fingerprint density at radius 1 is 0.667 bits per heavy atom. The van der Waals surface area contributed by atoms with Crippen LogP contribution in [0.1, 0.15) is 55.8 Å². The maximum atomic E-state index is 13.2. The summed E-state index contributed by atoms with van der Waals surface area (Å²) in [5.41, 5.74) is 0.254. The van der Waals surface area contributed by atoms with Crippen LogP contribution in [0.15, 0.2) is 60.7 Å². The normalized spacial score (nSPS) is 10.4. The molecule has 8 heteroatoms. The average molecular weight is 422 g/mol. The first-order valence-corrected chi connectivity index (χ1v) is 9.26. The highest BCUT2D eigenvalue weighted by Gasteiger charge is 2.28. The molecule has 0 unspecified atom stereocenters. The van der Waals surface area contributed by atoms with E-state index in [9.17, 15) is 19.2 Å². The monoisotopic (exact) mass is 421 g/mol. The Morgan fingerprint density at radius 3 is 1.47 bits per heavy atom. The number of anilines is 1. The Balaban J connectivity index is 2.10. The molecular weight excluding hydrogens is 406 g/mol. The maximum absolute atomic E-state index is 13.2. The van der Waals surface area contributed by atoms with Crippen molar-refractivity contribution in [3.05, 3.63) is 88.5 Å². The zero-order valence-corrected chi connectivity index (χ0v) is 16.9. The third-order valence-electron chi connectivity index (χ3n) is 4.15. The number of Topliss-reactive ketones (excluding diaryl/α,β-unsaturated/α-hetero) is 2. The highest BCUT2D eigenvalue weighted by Crippen LogP contribution is 2.22. The number of halogens is 1. The number of nitrogens with zero attached hydrogens (tertiary/aromatic N) is 3. The van der Waals surface area contributed by atoms with Crippen LogP contribution in [0.3, 0.4) is 0 Å². The molecule has 0 saturated heterocycles. The highest BCUT2D eigenvalue weighted by molar-refractivity contribution is 6.31. The summed E-state index contributed by atoms with van der Waals surface area (Å²) in [4.78, 5) is 58.8. The molecule has 3 aromatic rings. The molecule has 0 radical (unpaired) electrons. The third-order valence-corrected chi connectivity index (χ3v) is 4.40. The summed E-state index contributed by atoms with van der Waals surface area (Å²) >= 11 is 5.93. The van der Waals surface area contributed by atoms with Crippen LogP contribution in [0.25, 0.3) is 0 Å². The molecule has 0 aliphatic heterocycles. The highest BCUT2D eigenvalue weighted by atomic mass is 35.5. The fraction of sp³-hybridized carbons (Fsp3) is 0.0909. The average Bonchev–Trinajstić information content (AvgIpc) is 2.75. The molecule has 30 heavy (non-hydrogen) atoms. The van der Waals surface area contributed by atoms with Crippen LogP contribution in [0.2, 0.25) is 5.02 Å². The summed E-state index contributed by atoms with van der Waals surface area (Å²) in [5, 5.41) is 0.423. The second kappa shape index (κ2) is 8.75. The van der Waals surface area contributed by atoms with Crippen LogP contribution in [-0.4, -0.2) is 33.3 Å². The lowest BCUT2D eigenvalue weighted by molar-refractivity contribution is 0.0892. The number of amides is 2. The largest absolute Gasteiger partial charge is 0.293 e. The Labute approximate surface area is 177 Å². The molecule has 3 rings (SSSR count). The summed E-state index contributed by atoms with van der Waals surface area (Å²) in [5.74, 6) is -2.13.